The first-order valence-corrected chi connectivity index (χ1v) is 10.7. The third-order valence-corrected chi connectivity index (χ3v) is 5.46. The molecule has 0 unspecified atom stereocenters. The summed E-state index contributed by atoms with van der Waals surface area (Å²) in [5, 5.41) is 2.87. The van der Waals surface area contributed by atoms with Crippen molar-refractivity contribution in [1.82, 2.24) is 5.32 Å². The predicted molar refractivity (Wildman–Crippen MR) is 127 cm³/mol. The van der Waals surface area contributed by atoms with Crippen molar-refractivity contribution in [3.05, 3.63) is 89.0 Å². The van der Waals surface area contributed by atoms with Gasteiger partial charge in [0.15, 0.2) is 0 Å². The number of hydrogen-bond acceptors (Lipinski definition) is 5. The van der Waals surface area contributed by atoms with Crippen molar-refractivity contribution in [3.8, 4) is 5.75 Å². The summed E-state index contributed by atoms with van der Waals surface area (Å²) < 4.78 is 5.42. The number of rotatable bonds is 7. The molecule has 33 heavy (non-hydrogen) atoms. The quantitative estimate of drug-likeness (QED) is 0.561. The van der Waals surface area contributed by atoms with Crippen molar-refractivity contribution in [2.75, 3.05) is 30.5 Å². The molecule has 7 nitrogen and oxygen atoms in total. The van der Waals surface area contributed by atoms with Crippen LogP contribution in [-0.2, 0) is 6.54 Å². The van der Waals surface area contributed by atoms with Crippen LogP contribution in [0.25, 0.3) is 0 Å². The van der Waals surface area contributed by atoms with Gasteiger partial charge in [0.25, 0.3) is 17.7 Å². The molecule has 0 fully saturated rings. The van der Waals surface area contributed by atoms with Gasteiger partial charge in [-0.25, -0.2) is 4.90 Å². The van der Waals surface area contributed by atoms with Gasteiger partial charge in [-0.05, 0) is 67.1 Å². The van der Waals surface area contributed by atoms with Gasteiger partial charge >= 0.3 is 0 Å². The van der Waals surface area contributed by atoms with E-state index in [4.69, 9.17) is 4.74 Å². The molecule has 3 aromatic carbocycles. The molecule has 1 aliphatic rings. The van der Waals surface area contributed by atoms with Crippen LogP contribution in [0.3, 0.4) is 0 Å². The number of imide groups is 1. The molecule has 3 aromatic rings. The van der Waals surface area contributed by atoms with E-state index in [0.717, 1.165) is 16.2 Å². The number of ether oxygens (including phenoxy) is 1. The molecular formula is C26H25N3O4. The van der Waals surface area contributed by atoms with E-state index < -0.39 is 11.8 Å². The van der Waals surface area contributed by atoms with Crippen molar-refractivity contribution in [1.29, 1.82) is 0 Å². The zero-order valence-electron chi connectivity index (χ0n) is 18.8. The zero-order valence-corrected chi connectivity index (χ0v) is 18.8. The topological polar surface area (TPSA) is 79.0 Å². The lowest BCUT2D eigenvalue weighted by Gasteiger charge is -2.14. The molecule has 1 N–H and O–H groups in total. The summed E-state index contributed by atoms with van der Waals surface area (Å²) in [5.74, 6) is -0.511. The van der Waals surface area contributed by atoms with Crippen LogP contribution in [0.1, 0.15) is 43.6 Å². The fraction of sp³-hybridized carbons (Fsp3) is 0.192. The van der Waals surface area contributed by atoms with Crippen LogP contribution in [0, 0.1) is 0 Å². The molecule has 1 aliphatic heterocycles. The number of anilines is 2. The molecule has 168 valence electrons. The number of amides is 3. The molecule has 0 saturated carbocycles. The molecule has 4 rings (SSSR count). The standard InChI is InChI=1S/C26H25N3O4/c1-4-33-21-12-10-20(11-13-21)29-25(31)22-14-7-18(15-23(22)26(29)32)24(30)27-16-17-5-8-19(9-6-17)28(2)3/h5-15H,4,16H2,1-3H3,(H,27,30). The number of nitrogens with one attached hydrogen (secondary N) is 1. The van der Waals surface area contributed by atoms with Gasteiger partial charge in [-0.2, -0.15) is 0 Å². The summed E-state index contributed by atoms with van der Waals surface area (Å²) >= 11 is 0. The van der Waals surface area contributed by atoms with Crippen LogP contribution in [-0.4, -0.2) is 38.4 Å². The molecule has 0 bridgehead atoms. The minimum absolute atomic E-state index is 0.219. The zero-order chi connectivity index (χ0) is 23.5. The summed E-state index contributed by atoms with van der Waals surface area (Å²) in [5.41, 5.74) is 3.32. The monoisotopic (exact) mass is 443 g/mol. The largest absolute Gasteiger partial charge is 0.494 e. The van der Waals surface area contributed by atoms with E-state index in [1.165, 1.54) is 12.1 Å². The third kappa shape index (κ3) is 4.43. The Morgan fingerprint density at radius 2 is 1.58 bits per heavy atom. The van der Waals surface area contributed by atoms with Crippen molar-refractivity contribution >= 4 is 29.1 Å². The number of hydrogen-bond donors (Lipinski definition) is 1. The lowest BCUT2D eigenvalue weighted by atomic mass is 10.1. The molecule has 3 amide bonds. The van der Waals surface area contributed by atoms with Crippen molar-refractivity contribution in [2.24, 2.45) is 0 Å². The first-order chi connectivity index (χ1) is 15.9. The Balaban J connectivity index is 1.48. The van der Waals surface area contributed by atoms with E-state index in [2.05, 4.69) is 5.32 Å². The molecule has 0 radical (unpaired) electrons. The fourth-order valence-electron chi connectivity index (χ4n) is 3.67. The van der Waals surface area contributed by atoms with Crippen molar-refractivity contribution in [3.63, 3.8) is 0 Å². The van der Waals surface area contributed by atoms with Crippen molar-refractivity contribution in [2.45, 2.75) is 13.5 Å². The highest BCUT2D eigenvalue weighted by Gasteiger charge is 2.37. The van der Waals surface area contributed by atoms with Gasteiger partial charge in [0.2, 0.25) is 0 Å². The molecule has 0 aliphatic carbocycles. The van der Waals surface area contributed by atoms with Gasteiger partial charge < -0.3 is 15.0 Å². The Morgan fingerprint density at radius 1 is 0.909 bits per heavy atom. The van der Waals surface area contributed by atoms with Gasteiger partial charge in [0.05, 0.1) is 23.4 Å². The lowest BCUT2D eigenvalue weighted by Crippen LogP contribution is -2.29. The van der Waals surface area contributed by atoms with E-state index in [9.17, 15) is 14.4 Å². The molecule has 7 heteroatoms. The lowest BCUT2D eigenvalue weighted by molar-refractivity contribution is 0.0923. The second-order valence-corrected chi connectivity index (χ2v) is 7.88. The highest BCUT2D eigenvalue weighted by atomic mass is 16.5. The second-order valence-electron chi connectivity index (χ2n) is 7.88. The van der Waals surface area contributed by atoms with E-state index in [1.807, 2.05) is 50.2 Å². The minimum atomic E-state index is -0.451. The average molecular weight is 444 g/mol. The molecule has 0 atom stereocenters. The van der Waals surface area contributed by atoms with Crippen molar-refractivity contribution < 1.29 is 19.1 Å². The van der Waals surface area contributed by atoms with Gasteiger partial charge in [0.1, 0.15) is 5.75 Å². The SMILES string of the molecule is CCOc1ccc(N2C(=O)c3ccc(C(=O)NCc4ccc(N(C)C)cc4)cc3C2=O)cc1. The number of benzene rings is 3. The van der Waals surface area contributed by atoms with E-state index in [-0.39, 0.29) is 17.0 Å². The first-order valence-electron chi connectivity index (χ1n) is 10.7. The minimum Gasteiger partial charge on any atom is -0.494 e. The highest BCUT2D eigenvalue weighted by molar-refractivity contribution is 6.34. The second kappa shape index (κ2) is 9.16. The van der Waals surface area contributed by atoms with E-state index >= 15 is 0 Å². The Morgan fingerprint density at radius 3 is 2.21 bits per heavy atom. The smallest absolute Gasteiger partial charge is 0.266 e. The van der Waals surface area contributed by atoms with Crippen LogP contribution in [0.4, 0.5) is 11.4 Å². The molecule has 0 spiro atoms. The predicted octanol–water partition coefficient (Wildman–Crippen LogP) is 3.88. The first kappa shape index (κ1) is 22.1. The summed E-state index contributed by atoms with van der Waals surface area (Å²) in [7, 11) is 3.93. The Labute approximate surface area is 192 Å². The molecular weight excluding hydrogens is 418 g/mol. The van der Waals surface area contributed by atoms with Crippen LogP contribution < -0.4 is 19.9 Å². The van der Waals surface area contributed by atoms with E-state index in [1.54, 1.807) is 30.3 Å². The van der Waals surface area contributed by atoms with Crippen LogP contribution in [0.5, 0.6) is 5.75 Å². The molecule has 0 saturated heterocycles. The van der Waals surface area contributed by atoms with Gasteiger partial charge in [-0.1, -0.05) is 12.1 Å². The maximum atomic E-state index is 13.0. The number of nitrogens with zero attached hydrogens (tertiary/aromatic N) is 2. The molecule has 1 heterocycles. The average Bonchev–Trinajstić information content (AvgIpc) is 3.08. The van der Waals surface area contributed by atoms with Crippen LogP contribution in [0.15, 0.2) is 66.7 Å². The summed E-state index contributed by atoms with van der Waals surface area (Å²) in [6.45, 7) is 2.76. The van der Waals surface area contributed by atoms with Crippen LogP contribution in [0.2, 0.25) is 0 Å². The van der Waals surface area contributed by atoms with Gasteiger partial charge in [0, 0.05) is 31.9 Å². The van der Waals surface area contributed by atoms with Crippen LogP contribution >= 0.6 is 0 Å². The van der Waals surface area contributed by atoms with Gasteiger partial charge in [-0.15, -0.1) is 0 Å². The van der Waals surface area contributed by atoms with E-state index in [0.29, 0.717) is 30.2 Å². The maximum absolute atomic E-state index is 13.0. The Hall–Kier alpha value is -4.13. The summed E-state index contributed by atoms with van der Waals surface area (Å²) in [6, 6.07) is 19.2. The Bertz CT molecular complexity index is 1200. The number of carbonyl (C=O) groups is 3. The highest BCUT2D eigenvalue weighted by Crippen LogP contribution is 2.30. The fourth-order valence-corrected chi connectivity index (χ4v) is 3.67. The van der Waals surface area contributed by atoms with Gasteiger partial charge in [-0.3, -0.25) is 14.4 Å². The summed E-state index contributed by atoms with van der Waals surface area (Å²) in [6.07, 6.45) is 0. The number of fused-ring (bicyclic) bond motifs is 1. The number of carbonyl (C=O) groups excluding carboxylic acids is 3. The third-order valence-electron chi connectivity index (χ3n) is 5.46. The normalized spacial score (nSPS) is 12.5. The molecule has 0 aromatic heterocycles. The maximum Gasteiger partial charge on any atom is 0.266 e. The summed E-state index contributed by atoms with van der Waals surface area (Å²) in [4.78, 5) is 41.7. The Kier molecular flexibility index (Phi) is 6.13.